The quantitative estimate of drug-likeness (QED) is 0.604. The van der Waals surface area contributed by atoms with Gasteiger partial charge in [-0.1, -0.05) is 0 Å². The Hall–Kier alpha value is -0.160. The zero-order chi connectivity index (χ0) is 9.26. The lowest BCUT2D eigenvalue weighted by molar-refractivity contribution is -0.0579. The van der Waals surface area contributed by atoms with Crippen LogP contribution in [0.3, 0.4) is 0 Å². The van der Waals surface area contributed by atoms with Crippen LogP contribution >= 0.6 is 0 Å². The first-order valence-corrected chi connectivity index (χ1v) is 5.04. The molecule has 0 aliphatic carbocycles. The van der Waals surface area contributed by atoms with Crippen LogP contribution in [0.2, 0.25) is 0 Å². The third-order valence-corrected chi connectivity index (χ3v) is 3.07. The Kier molecular flexibility index (Phi) is 2.83. The zero-order valence-corrected chi connectivity index (χ0v) is 7.85. The summed E-state index contributed by atoms with van der Waals surface area (Å²) >= 11 is 0. The maximum Gasteiger partial charge on any atom is 0.0707 e. The van der Waals surface area contributed by atoms with E-state index in [-0.39, 0.29) is 12.6 Å². The topological polar surface area (TPSA) is 58.7 Å². The Morgan fingerprint density at radius 2 is 2.00 bits per heavy atom. The van der Waals surface area contributed by atoms with Gasteiger partial charge in [-0.05, 0) is 12.8 Å². The average Bonchev–Trinajstić information content (AvgIpc) is 2.48. The lowest BCUT2D eigenvalue weighted by Crippen LogP contribution is -2.51. The highest BCUT2D eigenvalue weighted by molar-refractivity contribution is 4.88. The predicted molar refractivity (Wildman–Crippen MR) is 49.4 cm³/mol. The Bertz CT molecular complexity index is 161. The zero-order valence-electron chi connectivity index (χ0n) is 7.85. The fraction of sp³-hybridized carbons (Fsp3) is 1.00. The monoisotopic (exact) mass is 186 g/mol. The minimum absolute atomic E-state index is 0.131. The van der Waals surface area contributed by atoms with Crippen molar-refractivity contribution in [3.05, 3.63) is 0 Å². The molecule has 2 bridgehead atoms. The predicted octanol–water partition coefficient (Wildman–Crippen LogP) is -0.831. The second-order valence-corrected chi connectivity index (χ2v) is 3.98. The van der Waals surface area contributed by atoms with Crippen molar-refractivity contribution >= 4 is 0 Å². The summed E-state index contributed by atoms with van der Waals surface area (Å²) in [4.78, 5) is 2.27. The molecule has 2 fully saturated rings. The van der Waals surface area contributed by atoms with Gasteiger partial charge in [0.05, 0.1) is 18.8 Å². The van der Waals surface area contributed by atoms with Crippen LogP contribution in [-0.2, 0) is 4.74 Å². The molecule has 2 rings (SSSR count). The van der Waals surface area contributed by atoms with Gasteiger partial charge in [0.15, 0.2) is 0 Å². The van der Waals surface area contributed by atoms with Crippen LogP contribution < -0.4 is 5.73 Å². The normalized spacial score (nSPS) is 36.5. The van der Waals surface area contributed by atoms with Gasteiger partial charge in [0.2, 0.25) is 0 Å². The molecule has 0 aromatic carbocycles. The molecule has 0 saturated carbocycles. The van der Waals surface area contributed by atoms with Gasteiger partial charge in [0.1, 0.15) is 0 Å². The number of nitrogens with zero attached hydrogens (tertiary/aromatic N) is 1. The number of nitrogens with two attached hydrogens (primary N) is 1. The summed E-state index contributed by atoms with van der Waals surface area (Å²) in [6.07, 6.45) is 3.12. The summed E-state index contributed by atoms with van der Waals surface area (Å²) in [5.74, 6) is 0. The fourth-order valence-corrected chi connectivity index (χ4v) is 2.28. The van der Waals surface area contributed by atoms with Crippen LogP contribution in [0, 0.1) is 0 Å². The van der Waals surface area contributed by atoms with Crippen molar-refractivity contribution in [2.45, 2.75) is 31.1 Å². The van der Waals surface area contributed by atoms with Crippen molar-refractivity contribution < 1.29 is 9.84 Å². The number of morpholine rings is 1. The minimum Gasteiger partial charge on any atom is -0.395 e. The molecule has 4 nitrogen and oxygen atoms in total. The van der Waals surface area contributed by atoms with Gasteiger partial charge in [0.25, 0.3) is 0 Å². The molecule has 3 N–H and O–H groups in total. The van der Waals surface area contributed by atoms with Gasteiger partial charge in [-0.3, -0.25) is 4.90 Å². The molecule has 0 radical (unpaired) electrons. The number of fused-ring (bicyclic) bond motifs is 2. The molecule has 0 spiro atoms. The molecule has 4 heteroatoms. The van der Waals surface area contributed by atoms with E-state index in [9.17, 15) is 0 Å². The summed E-state index contributed by atoms with van der Waals surface area (Å²) in [5, 5.41) is 9.11. The molecule has 2 aliphatic heterocycles. The van der Waals surface area contributed by atoms with Crippen LogP contribution in [0.25, 0.3) is 0 Å². The smallest absolute Gasteiger partial charge is 0.0707 e. The van der Waals surface area contributed by atoms with Crippen LogP contribution in [0.15, 0.2) is 0 Å². The average molecular weight is 186 g/mol. The highest BCUT2D eigenvalue weighted by Gasteiger charge is 2.35. The third-order valence-electron chi connectivity index (χ3n) is 3.07. The molecule has 0 aromatic rings. The highest BCUT2D eigenvalue weighted by Crippen LogP contribution is 2.26. The van der Waals surface area contributed by atoms with Crippen molar-refractivity contribution in [3.63, 3.8) is 0 Å². The van der Waals surface area contributed by atoms with E-state index in [1.54, 1.807) is 0 Å². The number of likely N-dealkylation sites (tertiary alicyclic amines) is 1. The highest BCUT2D eigenvalue weighted by atomic mass is 16.5. The Morgan fingerprint density at radius 1 is 1.38 bits per heavy atom. The van der Waals surface area contributed by atoms with E-state index in [0.717, 1.165) is 13.1 Å². The summed E-state index contributed by atoms with van der Waals surface area (Å²) < 4.78 is 5.70. The van der Waals surface area contributed by atoms with E-state index < -0.39 is 0 Å². The van der Waals surface area contributed by atoms with Gasteiger partial charge in [0, 0.05) is 25.7 Å². The fourth-order valence-electron chi connectivity index (χ4n) is 2.28. The SMILES string of the molecule is NCC(CO)N1CC2CCC(C1)O2. The first-order valence-electron chi connectivity index (χ1n) is 5.04. The lowest BCUT2D eigenvalue weighted by Gasteiger charge is -2.36. The van der Waals surface area contributed by atoms with E-state index in [0.29, 0.717) is 18.8 Å². The first-order chi connectivity index (χ1) is 6.33. The Labute approximate surface area is 78.7 Å². The molecule has 2 saturated heterocycles. The number of hydrogen-bond acceptors (Lipinski definition) is 4. The van der Waals surface area contributed by atoms with Crippen molar-refractivity contribution in [3.8, 4) is 0 Å². The number of aliphatic hydroxyl groups is 1. The van der Waals surface area contributed by atoms with E-state index in [2.05, 4.69) is 4.90 Å². The number of aliphatic hydroxyl groups excluding tert-OH is 1. The van der Waals surface area contributed by atoms with Crippen LogP contribution in [0.5, 0.6) is 0 Å². The van der Waals surface area contributed by atoms with Crippen molar-refractivity contribution in [2.75, 3.05) is 26.2 Å². The summed E-state index contributed by atoms with van der Waals surface area (Å²) in [6, 6.07) is 0.131. The van der Waals surface area contributed by atoms with E-state index in [1.807, 2.05) is 0 Å². The third kappa shape index (κ3) is 1.86. The van der Waals surface area contributed by atoms with Crippen LogP contribution in [0.1, 0.15) is 12.8 Å². The number of hydrogen-bond donors (Lipinski definition) is 2. The molecule has 2 heterocycles. The molecule has 13 heavy (non-hydrogen) atoms. The first kappa shape index (κ1) is 9.40. The maximum atomic E-state index is 9.11. The largest absolute Gasteiger partial charge is 0.395 e. The molecule has 3 unspecified atom stereocenters. The minimum atomic E-state index is 0.131. The summed E-state index contributed by atoms with van der Waals surface area (Å²) in [5.41, 5.74) is 5.58. The van der Waals surface area contributed by atoms with Gasteiger partial charge in [-0.15, -0.1) is 0 Å². The maximum absolute atomic E-state index is 9.11. The van der Waals surface area contributed by atoms with E-state index in [4.69, 9.17) is 15.6 Å². The number of ether oxygens (including phenoxy) is 1. The lowest BCUT2D eigenvalue weighted by atomic mass is 10.2. The van der Waals surface area contributed by atoms with Gasteiger partial charge >= 0.3 is 0 Å². The summed E-state index contributed by atoms with van der Waals surface area (Å²) in [6.45, 7) is 2.59. The van der Waals surface area contributed by atoms with Gasteiger partial charge in [-0.25, -0.2) is 0 Å². The molecule has 0 aromatic heterocycles. The molecular formula is C9H18N2O2. The van der Waals surface area contributed by atoms with Gasteiger partial charge in [-0.2, -0.15) is 0 Å². The van der Waals surface area contributed by atoms with Crippen molar-refractivity contribution in [1.82, 2.24) is 4.90 Å². The number of rotatable bonds is 3. The Morgan fingerprint density at radius 3 is 2.46 bits per heavy atom. The summed E-state index contributed by atoms with van der Waals surface area (Å²) in [7, 11) is 0. The van der Waals surface area contributed by atoms with Crippen LogP contribution in [0.4, 0.5) is 0 Å². The van der Waals surface area contributed by atoms with E-state index in [1.165, 1.54) is 12.8 Å². The van der Waals surface area contributed by atoms with Gasteiger partial charge < -0.3 is 15.6 Å². The molecule has 76 valence electrons. The van der Waals surface area contributed by atoms with Crippen LogP contribution in [-0.4, -0.2) is 54.5 Å². The van der Waals surface area contributed by atoms with Crippen molar-refractivity contribution in [2.24, 2.45) is 5.73 Å². The Balaban J connectivity index is 1.93. The second-order valence-electron chi connectivity index (χ2n) is 3.98. The molecule has 0 amide bonds. The molecule has 3 atom stereocenters. The standard InChI is InChI=1S/C9H18N2O2/c10-3-7(6-12)11-4-8-1-2-9(5-11)13-8/h7-9,12H,1-6,10H2. The second kappa shape index (κ2) is 3.92. The molecule has 2 aliphatic rings. The molecular weight excluding hydrogens is 168 g/mol. The van der Waals surface area contributed by atoms with E-state index >= 15 is 0 Å². The van der Waals surface area contributed by atoms with Crippen molar-refractivity contribution in [1.29, 1.82) is 0 Å².